The van der Waals surface area contributed by atoms with Crippen LogP contribution in [0.15, 0.2) is 10.6 Å². The van der Waals surface area contributed by atoms with Crippen molar-refractivity contribution < 1.29 is 14.1 Å². The van der Waals surface area contributed by atoms with Gasteiger partial charge in [0.1, 0.15) is 0 Å². The Kier molecular flexibility index (Phi) is 5.08. The van der Waals surface area contributed by atoms with E-state index in [0.29, 0.717) is 12.3 Å². The zero-order chi connectivity index (χ0) is 15.5. The molecule has 122 valence electrons. The summed E-state index contributed by atoms with van der Waals surface area (Å²) in [4.78, 5) is 14.8. The summed E-state index contributed by atoms with van der Waals surface area (Å²) in [5.74, 6) is 2.71. The first-order valence-electron chi connectivity index (χ1n) is 8.12. The van der Waals surface area contributed by atoms with Gasteiger partial charge < -0.3 is 14.2 Å². The molecule has 5 nitrogen and oxygen atoms in total. The van der Waals surface area contributed by atoms with E-state index in [1.54, 1.807) is 6.07 Å². The van der Waals surface area contributed by atoms with Crippen molar-refractivity contribution in [2.75, 3.05) is 24.7 Å². The molecule has 0 unspecified atom stereocenters. The lowest BCUT2D eigenvalue weighted by Crippen LogP contribution is -2.44. The van der Waals surface area contributed by atoms with Crippen molar-refractivity contribution in [2.24, 2.45) is 0 Å². The predicted molar refractivity (Wildman–Crippen MR) is 86.3 cm³/mol. The maximum Gasteiger partial charge on any atom is 0.292 e. The van der Waals surface area contributed by atoms with Crippen LogP contribution in [-0.4, -0.2) is 52.8 Å². The quantitative estimate of drug-likeness (QED) is 0.833. The summed E-state index contributed by atoms with van der Waals surface area (Å²) in [6.07, 6.45) is 3.35. The number of amides is 1. The summed E-state index contributed by atoms with van der Waals surface area (Å²) in [5, 5.41) is 4.02. The maximum atomic E-state index is 12.9. The number of rotatable bonds is 5. The van der Waals surface area contributed by atoms with Gasteiger partial charge in [-0.3, -0.25) is 4.79 Å². The molecule has 1 amide bonds. The highest BCUT2D eigenvalue weighted by Gasteiger charge is 2.33. The minimum absolute atomic E-state index is 0.0394. The number of ether oxygens (including phenoxy) is 1. The van der Waals surface area contributed by atoms with Crippen LogP contribution in [0.4, 0.5) is 0 Å². The molecule has 6 heteroatoms. The van der Waals surface area contributed by atoms with Crippen molar-refractivity contribution in [2.45, 2.75) is 51.2 Å². The van der Waals surface area contributed by atoms with Crippen molar-refractivity contribution >= 4 is 17.7 Å². The van der Waals surface area contributed by atoms with Gasteiger partial charge in [0, 0.05) is 31.0 Å². The second-order valence-corrected chi connectivity index (χ2v) is 7.53. The van der Waals surface area contributed by atoms with Crippen molar-refractivity contribution in [3.8, 4) is 0 Å². The van der Waals surface area contributed by atoms with E-state index in [1.165, 1.54) is 0 Å². The van der Waals surface area contributed by atoms with Crippen LogP contribution in [-0.2, 0) is 4.74 Å². The number of carbonyl (C=O) groups excluding carboxylic acids is 1. The first-order valence-corrected chi connectivity index (χ1v) is 9.27. The van der Waals surface area contributed by atoms with Crippen LogP contribution in [0.2, 0.25) is 0 Å². The van der Waals surface area contributed by atoms with Crippen LogP contribution in [0.5, 0.6) is 0 Å². The fraction of sp³-hybridized carbons (Fsp3) is 0.750. The number of hydrogen-bond acceptors (Lipinski definition) is 5. The van der Waals surface area contributed by atoms with Crippen molar-refractivity contribution in [1.82, 2.24) is 10.1 Å². The van der Waals surface area contributed by atoms with E-state index in [1.807, 2.05) is 30.5 Å². The molecular formula is C16H24N2O3S. The summed E-state index contributed by atoms with van der Waals surface area (Å²) >= 11 is 1.91. The summed E-state index contributed by atoms with van der Waals surface area (Å²) < 4.78 is 11.0. The van der Waals surface area contributed by atoms with Gasteiger partial charge in [-0.05, 0) is 30.9 Å². The molecule has 0 bridgehead atoms. The number of aromatic nitrogens is 1. The van der Waals surface area contributed by atoms with Gasteiger partial charge in [0.15, 0.2) is 0 Å². The molecule has 2 aliphatic rings. The van der Waals surface area contributed by atoms with E-state index in [2.05, 4.69) is 5.16 Å². The van der Waals surface area contributed by atoms with Gasteiger partial charge in [-0.25, -0.2) is 0 Å². The molecule has 0 aliphatic carbocycles. The third-order valence-electron chi connectivity index (χ3n) is 4.36. The second kappa shape index (κ2) is 7.04. The van der Waals surface area contributed by atoms with Gasteiger partial charge >= 0.3 is 0 Å². The molecule has 0 radical (unpaired) electrons. The standard InChI is InChI=1S/C16H24N2O3S/c1-11(2)14-8-15(21-17-14)16(19)18(12-5-7-22-10-12)9-13-4-3-6-20-13/h8,11-13H,3-7,9-10H2,1-2H3/t12-,13+/m1/s1. The van der Waals surface area contributed by atoms with Crippen molar-refractivity contribution in [1.29, 1.82) is 0 Å². The predicted octanol–water partition coefficient (Wildman–Crippen LogP) is 2.92. The number of thioether (sulfide) groups is 1. The first-order chi connectivity index (χ1) is 10.6. The van der Waals surface area contributed by atoms with Crippen LogP contribution in [0.1, 0.15) is 55.3 Å². The molecular weight excluding hydrogens is 300 g/mol. The fourth-order valence-electron chi connectivity index (χ4n) is 2.98. The Balaban J connectivity index is 1.75. The highest BCUT2D eigenvalue weighted by Crippen LogP contribution is 2.26. The van der Waals surface area contributed by atoms with Crippen LogP contribution in [0.25, 0.3) is 0 Å². The van der Waals surface area contributed by atoms with Gasteiger partial charge in [0.2, 0.25) is 5.76 Å². The van der Waals surface area contributed by atoms with Gasteiger partial charge in [0.05, 0.1) is 11.8 Å². The smallest absolute Gasteiger partial charge is 0.292 e. The zero-order valence-corrected chi connectivity index (χ0v) is 14.1. The molecule has 2 atom stereocenters. The fourth-order valence-corrected chi connectivity index (χ4v) is 4.20. The van der Waals surface area contributed by atoms with E-state index in [0.717, 1.165) is 43.1 Å². The average Bonchev–Trinajstić information content (AvgIpc) is 3.24. The molecule has 3 heterocycles. The lowest BCUT2D eigenvalue weighted by atomic mass is 10.1. The Morgan fingerprint density at radius 1 is 1.50 bits per heavy atom. The van der Waals surface area contributed by atoms with E-state index in [4.69, 9.17) is 9.26 Å². The molecule has 1 aromatic heterocycles. The van der Waals surface area contributed by atoms with Crippen molar-refractivity contribution in [3.63, 3.8) is 0 Å². The van der Waals surface area contributed by atoms with E-state index >= 15 is 0 Å². The molecule has 0 saturated carbocycles. The number of hydrogen-bond donors (Lipinski definition) is 0. The molecule has 2 aliphatic heterocycles. The molecule has 2 fully saturated rings. The molecule has 0 spiro atoms. The normalized spacial score (nSPS) is 25.0. The Morgan fingerprint density at radius 3 is 2.95 bits per heavy atom. The van der Waals surface area contributed by atoms with Crippen LogP contribution in [0, 0.1) is 0 Å². The Bertz CT molecular complexity index is 505. The first kappa shape index (κ1) is 15.9. The minimum atomic E-state index is -0.0394. The zero-order valence-electron chi connectivity index (χ0n) is 13.3. The molecule has 3 rings (SSSR count). The number of nitrogens with zero attached hydrogens (tertiary/aromatic N) is 2. The maximum absolute atomic E-state index is 12.9. The van der Waals surface area contributed by atoms with Crippen LogP contribution < -0.4 is 0 Å². The molecule has 22 heavy (non-hydrogen) atoms. The minimum Gasteiger partial charge on any atom is -0.376 e. The highest BCUT2D eigenvalue weighted by molar-refractivity contribution is 7.99. The molecule has 1 aromatic rings. The number of carbonyl (C=O) groups is 1. The Morgan fingerprint density at radius 2 is 2.36 bits per heavy atom. The summed E-state index contributed by atoms with van der Waals surface area (Å²) in [7, 11) is 0. The van der Waals surface area contributed by atoms with E-state index in [9.17, 15) is 4.79 Å². The van der Waals surface area contributed by atoms with Gasteiger partial charge in [-0.2, -0.15) is 11.8 Å². The largest absolute Gasteiger partial charge is 0.376 e. The highest BCUT2D eigenvalue weighted by atomic mass is 32.2. The third kappa shape index (κ3) is 3.49. The van der Waals surface area contributed by atoms with Crippen LogP contribution in [0.3, 0.4) is 0 Å². The lowest BCUT2D eigenvalue weighted by Gasteiger charge is -2.29. The third-order valence-corrected chi connectivity index (χ3v) is 5.51. The second-order valence-electron chi connectivity index (χ2n) is 6.38. The topological polar surface area (TPSA) is 55.6 Å². The van der Waals surface area contributed by atoms with Crippen LogP contribution >= 0.6 is 11.8 Å². The van der Waals surface area contributed by atoms with E-state index in [-0.39, 0.29) is 24.0 Å². The van der Waals surface area contributed by atoms with Gasteiger partial charge in [-0.15, -0.1) is 0 Å². The molecule has 0 N–H and O–H groups in total. The Hall–Kier alpha value is -1.01. The van der Waals surface area contributed by atoms with Crippen molar-refractivity contribution in [3.05, 3.63) is 17.5 Å². The summed E-state index contributed by atoms with van der Waals surface area (Å²) in [6.45, 7) is 5.57. The summed E-state index contributed by atoms with van der Waals surface area (Å²) in [6, 6.07) is 2.08. The summed E-state index contributed by atoms with van der Waals surface area (Å²) in [5.41, 5.74) is 0.834. The molecule has 2 saturated heterocycles. The lowest BCUT2D eigenvalue weighted by molar-refractivity contribution is 0.0412. The monoisotopic (exact) mass is 324 g/mol. The van der Waals surface area contributed by atoms with Gasteiger partial charge in [0.25, 0.3) is 5.91 Å². The van der Waals surface area contributed by atoms with Gasteiger partial charge in [-0.1, -0.05) is 19.0 Å². The SMILES string of the molecule is CC(C)c1cc(C(=O)N(C[C@@H]2CCCO2)[C@@H]2CCSC2)on1. The average molecular weight is 324 g/mol. The Labute approximate surface area is 135 Å². The molecule has 0 aromatic carbocycles. The van der Waals surface area contributed by atoms with E-state index < -0.39 is 0 Å².